The third-order valence-corrected chi connectivity index (χ3v) is 7.51. The van der Waals surface area contributed by atoms with Crippen LogP contribution in [0.15, 0.2) is 76.0 Å². The molecule has 1 unspecified atom stereocenters. The van der Waals surface area contributed by atoms with Crippen LogP contribution in [0.4, 0.5) is 5.69 Å². The molecule has 0 saturated carbocycles. The number of sulfonamides is 1. The van der Waals surface area contributed by atoms with Crippen molar-refractivity contribution in [3.8, 4) is 0 Å². The largest absolute Gasteiger partial charge is 0.280 e. The molecule has 1 aliphatic rings. The van der Waals surface area contributed by atoms with Gasteiger partial charge in [-0.3, -0.25) is 9.52 Å². The van der Waals surface area contributed by atoms with Crippen LogP contribution in [0.3, 0.4) is 0 Å². The maximum absolute atomic E-state index is 12.6. The summed E-state index contributed by atoms with van der Waals surface area (Å²) < 4.78 is 27.8. The molecule has 4 rings (SSSR count). The van der Waals surface area contributed by atoms with Gasteiger partial charge in [-0.1, -0.05) is 42.8 Å². The topological polar surface area (TPSA) is 78.8 Å². The highest BCUT2D eigenvalue weighted by molar-refractivity contribution is 7.92. The zero-order valence-electron chi connectivity index (χ0n) is 17.3. The zero-order valence-corrected chi connectivity index (χ0v) is 18.9. The highest BCUT2D eigenvalue weighted by atomic mass is 32.2. The molecule has 0 bridgehead atoms. The van der Waals surface area contributed by atoms with Gasteiger partial charge in [0.15, 0.2) is 0 Å². The first-order valence-corrected chi connectivity index (χ1v) is 12.4. The van der Waals surface area contributed by atoms with Gasteiger partial charge >= 0.3 is 0 Å². The van der Waals surface area contributed by atoms with E-state index in [0.717, 1.165) is 21.7 Å². The summed E-state index contributed by atoms with van der Waals surface area (Å²) in [6.07, 6.45) is 1.01. The van der Waals surface area contributed by atoms with Crippen LogP contribution in [0.1, 0.15) is 41.8 Å². The molecular formula is C23H23N3O3S2. The molecule has 1 aliphatic heterocycles. The van der Waals surface area contributed by atoms with Crippen molar-refractivity contribution in [2.45, 2.75) is 37.6 Å². The van der Waals surface area contributed by atoms with Gasteiger partial charge in [0.25, 0.3) is 10.0 Å². The fourth-order valence-electron chi connectivity index (χ4n) is 3.44. The van der Waals surface area contributed by atoms with Gasteiger partial charge in [-0.2, -0.15) is 5.10 Å². The Morgan fingerprint density at radius 1 is 1.13 bits per heavy atom. The number of nitrogens with zero attached hydrogens (tertiary/aromatic N) is 2. The van der Waals surface area contributed by atoms with Crippen LogP contribution >= 0.6 is 11.3 Å². The number of benzene rings is 2. The number of nitrogens with one attached hydrogen (secondary N) is 1. The lowest BCUT2D eigenvalue weighted by molar-refractivity contribution is -0.132. The van der Waals surface area contributed by atoms with E-state index in [2.05, 4.69) is 9.82 Å². The van der Waals surface area contributed by atoms with Crippen molar-refractivity contribution < 1.29 is 13.2 Å². The van der Waals surface area contributed by atoms with Gasteiger partial charge in [-0.25, -0.2) is 13.4 Å². The summed E-state index contributed by atoms with van der Waals surface area (Å²) in [6.45, 7) is 3.74. The minimum absolute atomic E-state index is 0.0177. The number of aryl methyl sites for hydroxylation is 1. The van der Waals surface area contributed by atoms with E-state index < -0.39 is 10.0 Å². The molecule has 31 heavy (non-hydrogen) atoms. The minimum atomic E-state index is -3.66. The lowest BCUT2D eigenvalue weighted by Crippen LogP contribution is -2.25. The standard InChI is InChI=1S/C23H23N3O3S2/c1-3-23(27)26-21(22-5-4-14-30-22)15-20(24-26)17-8-10-18(11-9-17)25-31(28,29)19-12-6-16(2)7-13-19/h4-14,21,25H,3,15H2,1-2H3. The molecule has 160 valence electrons. The van der Waals surface area contributed by atoms with Gasteiger partial charge in [0, 0.05) is 23.4 Å². The fourth-order valence-corrected chi connectivity index (χ4v) is 5.31. The number of anilines is 1. The van der Waals surface area contributed by atoms with Crippen molar-refractivity contribution in [3.63, 3.8) is 0 Å². The molecule has 1 amide bonds. The first-order chi connectivity index (χ1) is 14.9. The number of rotatable bonds is 6. The molecule has 8 heteroatoms. The molecular weight excluding hydrogens is 430 g/mol. The van der Waals surface area contributed by atoms with E-state index in [1.807, 2.05) is 43.5 Å². The van der Waals surface area contributed by atoms with E-state index in [4.69, 9.17) is 0 Å². The first kappa shape index (κ1) is 21.3. The Labute approximate surface area is 186 Å². The maximum Gasteiger partial charge on any atom is 0.261 e. The van der Waals surface area contributed by atoms with Gasteiger partial charge in [0.1, 0.15) is 0 Å². The predicted molar refractivity (Wildman–Crippen MR) is 124 cm³/mol. The molecule has 0 saturated heterocycles. The van der Waals surface area contributed by atoms with Crippen molar-refractivity contribution in [2.75, 3.05) is 4.72 Å². The average molecular weight is 454 g/mol. The van der Waals surface area contributed by atoms with Crippen LogP contribution in [0.2, 0.25) is 0 Å². The quantitative estimate of drug-likeness (QED) is 0.574. The molecule has 1 N–H and O–H groups in total. The van der Waals surface area contributed by atoms with E-state index in [1.165, 1.54) is 0 Å². The number of hydrazone groups is 1. The van der Waals surface area contributed by atoms with Gasteiger partial charge < -0.3 is 0 Å². The van der Waals surface area contributed by atoms with Crippen LogP contribution in [0.25, 0.3) is 0 Å². The molecule has 0 aliphatic carbocycles. The molecule has 0 fully saturated rings. The maximum atomic E-state index is 12.6. The summed E-state index contributed by atoms with van der Waals surface area (Å²) in [5, 5.41) is 8.17. The van der Waals surface area contributed by atoms with E-state index >= 15 is 0 Å². The van der Waals surface area contributed by atoms with Crippen molar-refractivity contribution >= 4 is 38.7 Å². The highest BCUT2D eigenvalue weighted by Crippen LogP contribution is 2.35. The Hall–Kier alpha value is -2.97. The summed E-state index contributed by atoms with van der Waals surface area (Å²) in [6, 6.07) is 17.7. The van der Waals surface area contributed by atoms with E-state index in [0.29, 0.717) is 18.5 Å². The van der Waals surface area contributed by atoms with Gasteiger partial charge in [-0.15, -0.1) is 11.3 Å². The molecule has 1 aromatic heterocycles. The monoisotopic (exact) mass is 453 g/mol. The minimum Gasteiger partial charge on any atom is -0.280 e. The highest BCUT2D eigenvalue weighted by Gasteiger charge is 2.32. The lowest BCUT2D eigenvalue weighted by atomic mass is 10.0. The average Bonchev–Trinajstić information content (AvgIpc) is 3.44. The van der Waals surface area contributed by atoms with Crippen LogP contribution < -0.4 is 4.72 Å². The second kappa shape index (κ2) is 8.64. The van der Waals surface area contributed by atoms with Crippen LogP contribution in [0.5, 0.6) is 0 Å². The Morgan fingerprint density at radius 2 is 1.84 bits per heavy atom. The number of thiophene rings is 1. The lowest BCUT2D eigenvalue weighted by Gasteiger charge is -2.19. The fraction of sp³-hybridized carbons (Fsp3) is 0.217. The number of carbonyl (C=O) groups excluding carboxylic acids is 1. The van der Waals surface area contributed by atoms with Crippen molar-refractivity contribution in [1.82, 2.24) is 5.01 Å². The predicted octanol–water partition coefficient (Wildman–Crippen LogP) is 4.95. The molecule has 3 aromatic rings. The Morgan fingerprint density at radius 3 is 2.45 bits per heavy atom. The van der Waals surface area contributed by atoms with Crippen LogP contribution in [-0.2, 0) is 14.8 Å². The van der Waals surface area contributed by atoms with E-state index in [1.54, 1.807) is 52.7 Å². The second-order valence-electron chi connectivity index (χ2n) is 7.37. The first-order valence-electron chi connectivity index (χ1n) is 10.0. The van der Waals surface area contributed by atoms with Crippen LogP contribution in [-0.4, -0.2) is 25.0 Å². The van der Waals surface area contributed by atoms with Crippen molar-refractivity contribution in [2.24, 2.45) is 5.10 Å². The molecule has 0 spiro atoms. The number of amides is 1. The summed E-state index contributed by atoms with van der Waals surface area (Å²) in [4.78, 5) is 13.7. The van der Waals surface area contributed by atoms with E-state index in [-0.39, 0.29) is 16.8 Å². The molecule has 2 aromatic carbocycles. The Bertz CT molecular complexity index is 1200. The van der Waals surface area contributed by atoms with Crippen molar-refractivity contribution in [3.05, 3.63) is 82.0 Å². The molecule has 1 atom stereocenters. The molecule has 6 nitrogen and oxygen atoms in total. The summed E-state index contributed by atoms with van der Waals surface area (Å²) in [5.74, 6) is -0.0177. The van der Waals surface area contributed by atoms with Gasteiger partial charge in [0.2, 0.25) is 5.91 Å². The third kappa shape index (κ3) is 4.55. The summed E-state index contributed by atoms with van der Waals surface area (Å²) >= 11 is 1.61. The number of hydrogen-bond acceptors (Lipinski definition) is 5. The summed E-state index contributed by atoms with van der Waals surface area (Å²) in [5.41, 5.74) is 3.15. The van der Waals surface area contributed by atoms with Crippen molar-refractivity contribution in [1.29, 1.82) is 0 Å². The van der Waals surface area contributed by atoms with Crippen LogP contribution in [0, 0.1) is 6.92 Å². The number of carbonyl (C=O) groups is 1. The summed E-state index contributed by atoms with van der Waals surface area (Å²) in [7, 11) is -3.66. The van der Waals surface area contributed by atoms with Gasteiger partial charge in [0.05, 0.1) is 16.6 Å². The normalized spacial score (nSPS) is 16.3. The Kier molecular flexibility index (Phi) is 5.93. The molecule has 2 heterocycles. The third-order valence-electron chi connectivity index (χ3n) is 5.14. The zero-order chi connectivity index (χ0) is 22.0. The SMILES string of the molecule is CCC(=O)N1N=C(c2ccc(NS(=O)(=O)c3ccc(C)cc3)cc2)CC1c1cccs1. The molecule has 0 radical (unpaired) electrons. The van der Waals surface area contributed by atoms with Gasteiger partial charge in [-0.05, 0) is 48.2 Å². The Balaban J connectivity index is 1.54. The number of hydrogen-bond donors (Lipinski definition) is 1. The second-order valence-corrected chi connectivity index (χ2v) is 10.0. The smallest absolute Gasteiger partial charge is 0.261 e. The van der Waals surface area contributed by atoms with E-state index in [9.17, 15) is 13.2 Å².